The smallest absolute Gasteiger partial charge is 0.149 e. The van der Waals surface area contributed by atoms with Crippen molar-refractivity contribution in [2.45, 2.75) is 0 Å². The van der Waals surface area contributed by atoms with Crippen LogP contribution in [-0.4, -0.2) is 12.9 Å². The fraction of sp³-hybridized carbons (Fsp3) is 0.100. The van der Waals surface area contributed by atoms with Gasteiger partial charge in [-0.2, -0.15) is 0 Å². The maximum atomic E-state index is 10.5. The van der Waals surface area contributed by atoms with E-state index in [-0.39, 0.29) is 0 Å². The largest absolute Gasteiger partial charge is 0.488 e. The number of carbonyl (C=O) groups excluding carboxylic acids is 1. The van der Waals surface area contributed by atoms with Crippen molar-refractivity contribution in [2.24, 2.45) is 0 Å². The van der Waals surface area contributed by atoms with Gasteiger partial charge in [-0.3, -0.25) is 4.79 Å². The summed E-state index contributed by atoms with van der Waals surface area (Å²) in [5.74, 6) is 0.819. The average Bonchev–Trinajstić information content (AvgIpc) is 2.17. The maximum Gasteiger partial charge on any atom is 0.149 e. The van der Waals surface area contributed by atoms with Gasteiger partial charge >= 0.3 is 0 Å². The first kappa shape index (κ1) is 8.51. The van der Waals surface area contributed by atoms with E-state index < -0.39 is 0 Å². The Labute approximate surface area is 84.3 Å². The third kappa shape index (κ3) is 1.65. The minimum atomic E-state index is 0.368. The Morgan fingerprint density at radius 3 is 3.08 bits per heavy atom. The van der Waals surface area contributed by atoms with Crippen LogP contribution < -0.4 is 4.74 Å². The van der Waals surface area contributed by atoms with Crippen LogP contribution in [-0.2, 0) is 4.79 Å². The molecule has 66 valence electrons. The van der Waals surface area contributed by atoms with E-state index in [0.717, 1.165) is 22.1 Å². The van der Waals surface area contributed by atoms with Crippen molar-refractivity contribution in [1.82, 2.24) is 0 Å². The predicted octanol–water partition coefficient (Wildman–Crippen LogP) is 2.42. The summed E-state index contributed by atoms with van der Waals surface area (Å²) >= 11 is 3.35. The number of hydrogen-bond acceptors (Lipinski definition) is 2. The molecule has 0 radical (unpaired) electrons. The topological polar surface area (TPSA) is 26.3 Å². The Hall–Kier alpha value is -1.09. The van der Waals surface area contributed by atoms with Gasteiger partial charge in [0.25, 0.3) is 0 Å². The maximum absolute atomic E-state index is 10.5. The van der Waals surface area contributed by atoms with Crippen molar-refractivity contribution < 1.29 is 9.53 Å². The van der Waals surface area contributed by atoms with E-state index in [2.05, 4.69) is 15.9 Å². The molecule has 0 fully saturated rings. The van der Waals surface area contributed by atoms with Gasteiger partial charge < -0.3 is 4.74 Å². The summed E-state index contributed by atoms with van der Waals surface area (Å²) in [5.41, 5.74) is 1.63. The van der Waals surface area contributed by atoms with Gasteiger partial charge in [0.05, 0.1) is 0 Å². The monoisotopic (exact) mass is 238 g/mol. The zero-order chi connectivity index (χ0) is 9.26. The average molecular weight is 239 g/mol. The molecule has 0 spiro atoms. The number of fused-ring (bicyclic) bond motifs is 1. The normalized spacial score (nSPS) is 14.1. The number of ether oxygens (including phenoxy) is 1. The molecule has 1 aromatic carbocycles. The van der Waals surface area contributed by atoms with E-state index >= 15 is 0 Å². The first-order valence-corrected chi connectivity index (χ1v) is 4.67. The summed E-state index contributed by atoms with van der Waals surface area (Å²) in [6.07, 6.45) is 2.67. The van der Waals surface area contributed by atoms with Gasteiger partial charge in [0, 0.05) is 15.6 Å². The number of carbonyl (C=O) groups is 1. The highest BCUT2D eigenvalue weighted by molar-refractivity contribution is 9.10. The molecule has 1 heterocycles. The first-order chi connectivity index (χ1) is 6.29. The zero-order valence-corrected chi connectivity index (χ0v) is 8.37. The summed E-state index contributed by atoms with van der Waals surface area (Å²) in [5, 5.41) is 0. The molecule has 0 aliphatic carbocycles. The minimum Gasteiger partial charge on any atom is -0.488 e. The number of hydrogen-bond donors (Lipinski definition) is 0. The van der Waals surface area contributed by atoms with Gasteiger partial charge in [-0.1, -0.05) is 22.0 Å². The van der Waals surface area contributed by atoms with Gasteiger partial charge in [0.15, 0.2) is 0 Å². The van der Waals surface area contributed by atoms with Crippen molar-refractivity contribution in [3.05, 3.63) is 33.8 Å². The molecule has 3 heteroatoms. The van der Waals surface area contributed by atoms with Crippen molar-refractivity contribution in [3.8, 4) is 5.75 Å². The highest BCUT2D eigenvalue weighted by atomic mass is 79.9. The fourth-order valence-corrected chi connectivity index (χ4v) is 1.56. The lowest BCUT2D eigenvalue weighted by Crippen LogP contribution is -2.07. The van der Waals surface area contributed by atoms with Crippen molar-refractivity contribution in [1.29, 1.82) is 0 Å². The molecule has 0 atom stereocenters. The Morgan fingerprint density at radius 1 is 1.46 bits per heavy atom. The Bertz CT molecular complexity index is 383. The number of rotatable bonds is 1. The summed E-state index contributed by atoms with van der Waals surface area (Å²) in [6.45, 7) is 0.368. The van der Waals surface area contributed by atoms with Crippen molar-refractivity contribution in [3.63, 3.8) is 0 Å². The van der Waals surface area contributed by atoms with E-state index in [9.17, 15) is 4.79 Å². The lowest BCUT2D eigenvalue weighted by Gasteiger charge is -2.14. The lowest BCUT2D eigenvalue weighted by molar-refractivity contribution is -0.105. The lowest BCUT2D eigenvalue weighted by atomic mass is 10.1. The highest BCUT2D eigenvalue weighted by Crippen LogP contribution is 2.28. The second kappa shape index (κ2) is 3.34. The van der Waals surface area contributed by atoms with Crippen molar-refractivity contribution in [2.75, 3.05) is 6.61 Å². The molecular weight excluding hydrogens is 232 g/mol. The quantitative estimate of drug-likeness (QED) is 0.703. The molecule has 0 N–H and O–H groups in total. The van der Waals surface area contributed by atoms with Crippen LogP contribution in [0.2, 0.25) is 0 Å². The molecule has 1 aliphatic rings. The van der Waals surface area contributed by atoms with E-state index in [0.29, 0.717) is 12.2 Å². The number of aldehydes is 1. The van der Waals surface area contributed by atoms with E-state index in [4.69, 9.17) is 4.74 Å². The molecule has 0 unspecified atom stereocenters. The van der Waals surface area contributed by atoms with E-state index in [1.54, 1.807) is 0 Å². The van der Waals surface area contributed by atoms with Crippen LogP contribution in [0.15, 0.2) is 28.2 Å². The van der Waals surface area contributed by atoms with Gasteiger partial charge in [0.1, 0.15) is 18.6 Å². The number of halogens is 1. The standard InChI is InChI=1S/C10H7BrO2/c11-9-2-1-8-3-7(5-12)6-13-10(8)4-9/h1-5H,6H2. The highest BCUT2D eigenvalue weighted by Gasteiger charge is 2.10. The molecule has 0 amide bonds. The van der Waals surface area contributed by atoms with Crippen LogP contribution >= 0.6 is 15.9 Å². The van der Waals surface area contributed by atoms with E-state index in [1.807, 2.05) is 24.3 Å². The SMILES string of the molecule is O=CC1=Cc2ccc(Br)cc2OC1. The molecule has 1 aromatic rings. The van der Waals surface area contributed by atoms with E-state index in [1.165, 1.54) is 0 Å². The van der Waals surface area contributed by atoms with Crippen molar-refractivity contribution >= 4 is 28.3 Å². The zero-order valence-electron chi connectivity index (χ0n) is 6.79. The van der Waals surface area contributed by atoms with Crippen LogP contribution in [0.4, 0.5) is 0 Å². The fourth-order valence-electron chi connectivity index (χ4n) is 1.22. The molecule has 0 saturated heterocycles. The molecule has 2 nitrogen and oxygen atoms in total. The molecular formula is C10H7BrO2. The third-order valence-electron chi connectivity index (χ3n) is 1.86. The van der Waals surface area contributed by atoms with Crippen LogP contribution in [0.1, 0.15) is 5.56 Å². The summed E-state index contributed by atoms with van der Waals surface area (Å²) in [7, 11) is 0. The molecule has 0 aromatic heterocycles. The second-order valence-corrected chi connectivity index (χ2v) is 3.72. The number of benzene rings is 1. The van der Waals surface area contributed by atoms with Crippen LogP contribution in [0.5, 0.6) is 5.75 Å². The minimum absolute atomic E-state index is 0.368. The molecule has 1 aliphatic heterocycles. The van der Waals surface area contributed by atoms with Gasteiger partial charge in [-0.25, -0.2) is 0 Å². The Kier molecular flexibility index (Phi) is 2.19. The molecule has 2 rings (SSSR count). The van der Waals surface area contributed by atoms with Crippen LogP contribution in [0.25, 0.3) is 6.08 Å². The first-order valence-electron chi connectivity index (χ1n) is 3.88. The van der Waals surface area contributed by atoms with Gasteiger partial charge in [-0.05, 0) is 18.2 Å². The van der Waals surface area contributed by atoms with Gasteiger partial charge in [-0.15, -0.1) is 0 Å². The second-order valence-electron chi connectivity index (χ2n) is 2.81. The third-order valence-corrected chi connectivity index (χ3v) is 2.36. The molecule has 0 saturated carbocycles. The Balaban J connectivity index is 2.48. The summed E-state index contributed by atoms with van der Waals surface area (Å²) in [6, 6.07) is 5.74. The van der Waals surface area contributed by atoms with Crippen LogP contribution in [0, 0.1) is 0 Å². The molecule has 0 bridgehead atoms. The van der Waals surface area contributed by atoms with Gasteiger partial charge in [0.2, 0.25) is 0 Å². The Morgan fingerprint density at radius 2 is 2.31 bits per heavy atom. The predicted molar refractivity (Wildman–Crippen MR) is 53.7 cm³/mol. The summed E-state index contributed by atoms with van der Waals surface area (Å²) < 4.78 is 6.36. The van der Waals surface area contributed by atoms with Crippen LogP contribution in [0.3, 0.4) is 0 Å². The molecule has 13 heavy (non-hydrogen) atoms. The summed E-state index contributed by atoms with van der Waals surface area (Å²) in [4.78, 5) is 10.5.